The molecule has 3 aromatic rings. The Bertz CT molecular complexity index is 970. The summed E-state index contributed by atoms with van der Waals surface area (Å²) in [7, 11) is 1.70. The first-order valence-corrected chi connectivity index (χ1v) is 11.6. The maximum absolute atomic E-state index is 12.5. The molecule has 1 N–H and O–H groups in total. The van der Waals surface area contributed by atoms with Gasteiger partial charge >= 0.3 is 0 Å². The third-order valence-electron chi connectivity index (χ3n) is 6.03. The van der Waals surface area contributed by atoms with E-state index in [0.717, 1.165) is 42.8 Å². The predicted molar refractivity (Wildman–Crippen MR) is 130 cm³/mol. The van der Waals surface area contributed by atoms with Crippen LogP contribution in [-0.2, 0) is 22.5 Å². The summed E-state index contributed by atoms with van der Waals surface area (Å²) in [5, 5.41) is 3.04. The molecule has 1 aliphatic heterocycles. The van der Waals surface area contributed by atoms with Gasteiger partial charge in [0.2, 0.25) is 5.91 Å². The minimum Gasteiger partial charge on any atom is -0.496 e. The lowest BCUT2D eigenvalue weighted by Gasteiger charge is -2.29. The second kappa shape index (κ2) is 11.6. The summed E-state index contributed by atoms with van der Waals surface area (Å²) in [6.07, 6.45) is 1.60. The maximum Gasteiger partial charge on any atom is 0.234 e. The van der Waals surface area contributed by atoms with Crippen LogP contribution in [0.4, 0.5) is 0 Å². The monoisotopic (exact) mass is 444 g/mol. The van der Waals surface area contributed by atoms with Gasteiger partial charge in [0, 0.05) is 31.8 Å². The van der Waals surface area contributed by atoms with Gasteiger partial charge in [-0.3, -0.25) is 9.69 Å². The third kappa shape index (κ3) is 6.21. The van der Waals surface area contributed by atoms with Crippen molar-refractivity contribution in [2.45, 2.75) is 25.5 Å². The summed E-state index contributed by atoms with van der Waals surface area (Å²) < 4.78 is 11.7. The van der Waals surface area contributed by atoms with Crippen molar-refractivity contribution in [1.82, 2.24) is 10.2 Å². The van der Waals surface area contributed by atoms with Gasteiger partial charge in [-0.1, -0.05) is 72.8 Å². The zero-order valence-corrected chi connectivity index (χ0v) is 19.2. The van der Waals surface area contributed by atoms with Crippen LogP contribution < -0.4 is 10.1 Å². The molecule has 0 radical (unpaired) electrons. The van der Waals surface area contributed by atoms with Crippen molar-refractivity contribution >= 4 is 5.91 Å². The van der Waals surface area contributed by atoms with Crippen molar-refractivity contribution in [3.8, 4) is 5.75 Å². The summed E-state index contributed by atoms with van der Waals surface area (Å²) >= 11 is 0. The molecule has 1 amide bonds. The second-order valence-corrected chi connectivity index (χ2v) is 8.33. The SMILES string of the molecule is COc1cccc2c1CN(CC(=O)NCCCOC(c1ccccc1)c1ccccc1)CC2. The lowest BCUT2D eigenvalue weighted by molar-refractivity contribution is -0.122. The molecule has 0 unspecified atom stereocenters. The number of fused-ring (bicyclic) bond motifs is 1. The van der Waals surface area contributed by atoms with Crippen molar-refractivity contribution in [2.75, 3.05) is 33.4 Å². The molecule has 172 valence electrons. The highest BCUT2D eigenvalue weighted by molar-refractivity contribution is 5.78. The first-order valence-electron chi connectivity index (χ1n) is 11.6. The Balaban J connectivity index is 1.22. The third-order valence-corrected chi connectivity index (χ3v) is 6.03. The molecule has 0 bridgehead atoms. The first kappa shape index (κ1) is 23.0. The van der Waals surface area contributed by atoms with E-state index in [9.17, 15) is 4.79 Å². The van der Waals surface area contributed by atoms with Crippen molar-refractivity contribution in [3.63, 3.8) is 0 Å². The van der Waals surface area contributed by atoms with Crippen LogP contribution in [0.1, 0.15) is 34.8 Å². The van der Waals surface area contributed by atoms with Crippen molar-refractivity contribution in [2.24, 2.45) is 0 Å². The molecule has 33 heavy (non-hydrogen) atoms. The predicted octanol–water partition coefficient (Wildman–Crippen LogP) is 4.37. The number of amides is 1. The molecule has 0 fully saturated rings. The van der Waals surface area contributed by atoms with Gasteiger partial charge in [0.1, 0.15) is 11.9 Å². The van der Waals surface area contributed by atoms with E-state index in [1.165, 1.54) is 11.1 Å². The Labute approximate surface area is 196 Å². The minimum absolute atomic E-state index is 0.0519. The van der Waals surface area contributed by atoms with E-state index in [2.05, 4.69) is 40.5 Å². The van der Waals surface area contributed by atoms with Crippen LogP contribution in [0.25, 0.3) is 0 Å². The molecule has 0 spiro atoms. The number of hydrogen-bond acceptors (Lipinski definition) is 4. The van der Waals surface area contributed by atoms with E-state index in [1.807, 2.05) is 48.5 Å². The van der Waals surface area contributed by atoms with E-state index in [0.29, 0.717) is 19.7 Å². The number of ether oxygens (including phenoxy) is 2. The molecule has 1 heterocycles. The summed E-state index contributed by atoms with van der Waals surface area (Å²) in [4.78, 5) is 14.7. The number of carbonyl (C=O) groups excluding carboxylic acids is 1. The van der Waals surface area contributed by atoms with Gasteiger partial charge < -0.3 is 14.8 Å². The normalized spacial score (nSPS) is 13.5. The largest absolute Gasteiger partial charge is 0.496 e. The minimum atomic E-state index is -0.105. The lowest BCUT2D eigenvalue weighted by atomic mass is 9.99. The van der Waals surface area contributed by atoms with Crippen LogP contribution in [0.5, 0.6) is 5.75 Å². The molecule has 3 aromatic carbocycles. The number of methoxy groups -OCH3 is 1. The van der Waals surface area contributed by atoms with Crippen LogP contribution in [0, 0.1) is 0 Å². The Morgan fingerprint density at radius 1 is 0.970 bits per heavy atom. The van der Waals surface area contributed by atoms with E-state index in [4.69, 9.17) is 9.47 Å². The zero-order valence-electron chi connectivity index (χ0n) is 19.2. The van der Waals surface area contributed by atoms with E-state index < -0.39 is 0 Å². The second-order valence-electron chi connectivity index (χ2n) is 8.33. The number of nitrogens with zero attached hydrogens (tertiary/aromatic N) is 1. The van der Waals surface area contributed by atoms with Crippen LogP contribution in [0.3, 0.4) is 0 Å². The summed E-state index contributed by atoms with van der Waals surface area (Å²) in [5.41, 5.74) is 4.77. The van der Waals surface area contributed by atoms with Gasteiger partial charge in [-0.2, -0.15) is 0 Å². The smallest absolute Gasteiger partial charge is 0.234 e. The molecular formula is C28H32N2O3. The van der Waals surface area contributed by atoms with Crippen LogP contribution in [0.2, 0.25) is 0 Å². The fourth-order valence-electron chi connectivity index (χ4n) is 4.33. The number of benzene rings is 3. The van der Waals surface area contributed by atoms with Gasteiger partial charge in [-0.05, 0) is 35.6 Å². The number of rotatable bonds is 10. The Morgan fingerprint density at radius 3 is 2.33 bits per heavy atom. The van der Waals surface area contributed by atoms with Gasteiger partial charge in [-0.15, -0.1) is 0 Å². The van der Waals surface area contributed by atoms with Gasteiger partial charge in [-0.25, -0.2) is 0 Å². The van der Waals surface area contributed by atoms with Crippen LogP contribution >= 0.6 is 0 Å². The lowest BCUT2D eigenvalue weighted by Crippen LogP contribution is -2.40. The van der Waals surface area contributed by atoms with Crippen molar-refractivity contribution < 1.29 is 14.3 Å². The molecule has 0 aromatic heterocycles. The molecule has 0 aliphatic carbocycles. The highest BCUT2D eigenvalue weighted by atomic mass is 16.5. The zero-order chi connectivity index (χ0) is 22.9. The Morgan fingerprint density at radius 2 is 1.67 bits per heavy atom. The standard InChI is InChI=1S/C28H32N2O3/c1-32-26-15-8-14-22-16-18-30(20-25(22)26)21-27(31)29-17-9-19-33-28(23-10-4-2-5-11-23)24-12-6-3-7-13-24/h2-8,10-15,28H,9,16-21H2,1H3,(H,29,31). The highest BCUT2D eigenvalue weighted by Gasteiger charge is 2.21. The molecule has 4 rings (SSSR count). The van der Waals surface area contributed by atoms with E-state index >= 15 is 0 Å². The first-order chi connectivity index (χ1) is 16.2. The van der Waals surface area contributed by atoms with E-state index in [1.54, 1.807) is 7.11 Å². The molecule has 0 saturated carbocycles. The van der Waals surface area contributed by atoms with Crippen LogP contribution in [0.15, 0.2) is 78.9 Å². The van der Waals surface area contributed by atoms with Crippen LogP contribution in [-0.4, -0.2) is 44.2 Å². The Hall–Kier alpha value is -3.15. The summed E-state index contributed by atoms with van der Waals surface area (Å²) in [6, 6.07) is 26.7. The topological polar surface area (TPSA) is 50.8 Å². The average Bonchev–Trinajstić information content (AvgIpc) is 2.87. The Kier molecular flexibility index (Phi) is 8.12. The maximum atomic E-state index is 12.5. The fourth-order valence-corrected chi connectivity index (χ4v) is 4.33. The van der Waals surface area contributed by atoms with Crippen molar-refractivity contribution in [1.29, 1.82) is 0 Å². The van der Waals surface area contributed by atoms with Gasteiger partial charge in [0.05, 0.1) is 13.7 Å². The van der Waals surface area contributed by atoms with Gasteiger partial charge in [0.15, 0.2) is 0 Å². The molecule has 1 aliphatic rings. The molecule has 0 atom stereocenters. The molecule has 5 nitrogen and oxygen atoms in total. The highest BCUT2D eigenvalue weighted by Crippen LogP contribution is 2.28. The molecule has 5 heteroatoms. The average molecular weight is 445 g/mol. The number of hydrogen-bond donors (Lipinski definition) is 1. The van der Waals surface area contributed by atoms with Gasteiger partial charge in [0.25, 0.3) is 0 Å². The summed E-state index contributed by atoms with van der Waals surface area (Å²) in [6.45, 7) is 3.19. The summed E-state index contributed by atoms with van der Waals surface area (Å²) in [5.74, 6) is 0.956. The van der Waals surface area contributed by atoms with Crippen molar-refractivity contribution in [3.05, 3.63) is 101 Å². The van der Waals surface area contributed by atoms with E-state index in [-0.39, 0.29) is 12.0 Å². The quantitative estimate of drug-likeness (QED) is 0.472. The molecule has 0 saturated heterocycles. The molecular weight excluding hydrogens is 412 g/mol. The number of carbonyl (C=O) groups is 1. The number of nitrogens with one attached hydrogen (secondary N) is 1. The fraction of sp³-hybridized carbons (Fsp3) is 0.321.